The molecule has 3 heterocycles. The average Bonchev–Trinajstić information content (AvgIpc) is 3.08. The molecular formula is C16H19N3O2S2. The van der Waals surface area contributed by atoms with Crippen LogP contribution in [0.1, 0.15) is 16.1 Å². The largest absolute Gasteiger partial charge is 0.385 e. The number of amides is 1. The molecule has 0 atom stereocenters. The number of thiophene rings is 1. The van der Waals surface area contributed by atoms with Gasteiger partial charge >= 0.3 is 0 Å². The molecule has 1 N–H and O–H groups in total. The van der Waals surface area contributed by atoms with Crippen molar-refractivity contribution in [1.29, 1.82) is 0 Å². The van der Waals surface area contributed by atoms with Gasteiger partial charge in [0.1, 0.15) is 5.03 Å². The number of hydrogen-bond donors (Lipinski definition) is 1. The molecule has 7 heteroatoms. The van der Waals surface area contributed by atoms with Crippen molar-refractivity contribution in [2.45, 2.75) is 11.4 Å². The lowest BCUT2D eigenvalue weighted by Gasteiger charge is -2.28. The molecule has 0 saturated heterocycles. The number of fused-ring (bicyclic) bond motifs is 1. The molecule has 0 bridgehead atoms. The van der Waals surface area contributed by atoms with Gasteiger partial charge in [-0.2, -0.15) is 0 Å². The minimum atomic E-state index is -0.0184. The number of anilines is 2. The summed E-state index contributed by atoms with van der Waals surface area (Å²) in [5.74, 6) is 0.982. The van der Waals surface area contributed by atoms with Crippen molar-refractivity contribution in [1.82, 2.24) is 10.3 Å². The van der Waals surface area contributed by atoms with Gasteiger partial charge in [-0.3, -0.25) is 4.79 Å². The Bertz CT molecular complexity index is 675. The first-order chi connectivity index (χ1) is 11.3. The van der Waals surface area contributed by atoms with Crippen molar-refractivity contribution in [3.63, 3.8) is 0 Å². The maximum Gasteiger partial charge on any atom is 0.261 e. The van der Waals surface area contributed by atoms with Gasteiger partial charge in [-0.05, 0) is 30.7 Å². The molecule has 1 aliphatic heterocycles. The van der Waals surface area contributed by atoms with Gasteiger partial charge < -0.3 is 15.0 Å². The number of methoxy groups -OCH3 is 1. The highest BCUT2D eigenvalue weighted by Gasteiger charge is 2.21. The molecule has 0 unspecified atom stereocenters. The number of thioether (sulfide) groups is 1. The van der Waals surface area contributed by atoms with Crippen LogP contribution in [-0.4, -0.2) is 43.5 Å². The van der Waals surface area contributed by atoms with E-state index in [1.165, 1.54) is 11.3 Å². The standard InChI is InChI=1S/C16H19N3O2S2/c1-21-10-3-8-17-15(20)13-5-6-14(23-13)19-9-11-22-16-12(19)4-2-7-18-16/h2,4-7H,3,8-11H2,1H3,(H,17,20). The second-order valence-electron chi connectivity index (χ2n) is 5.07. The van der Waals surface area contributed by atoms with E-state index in [1.54, 1.807) is 18.9 Å². The molecule has 0 aromatic carbocycles. The lowest BCUT2D eigenvalue weighted by Crippen LogP contribution is -2.24. The van der Waals surface area contributed by atoms with Crippen molar-refractivity contribution >= 4 is 39.7 Å². The number of nitrogens with one attached hydrogen (secondary N) is 1. The van der Waals surface area contributed by atoms with Gasteiger partial charge in [0, 0.05) is 38.8 Å². The number of hydrogen-bond acceptors (Lipinski definition) is 6. The molecule has 0 fully saturated rings. The van der Waals surface area contributed by atoms with E-state index >= 15 is 0 Å². The van der Waals surface area contributed by atoms with Crippen LogP contribution >= 0.6 is 23.1 Å². The predicted octanol–water partition coefficient (Wildman–Crippen LogP) is 3.15. The number of carbonyl (C=O) groups excluding carboxylic acids is 1. The Morgan fingerprint density at radius 2 is 2.35 bits per heavy atom. The summed E-state index contributed by atoms with van der Waals surface area (Å²) in [4.78, 5) is 19.6. The van der Waals surface area contributed by atoms with Gasteiger partial charge in [0.2, 0.25) is 0 Å². The lowest BCUT2D eigenvalue weighted by molar-refractivity contribution is 0.0952. The van der Waals surface area contributed by atoms with Gasteiger partial charge in [-0.15, -0.1) is 23.1 Å². The quantitative estimate of drug-likeness (QED) is 0.812. The zero-order chi connectivity index (χ0) is 16.1. The second-order valence-corrected chi connectivity index (χ2v) is 7.21. The monoisotopic (exact) mass is 349 g/mol. The van der Waals surface area contributed by atoms with Gasteiger partial charge in [-0.25, -0.2) is 4.98 Å². The van der Waals surface area contributed by atoms with Gasteiger partial charge in [0.15, 0.2) is 0 Å². The molecule has 1 aliphatic rings. The topological polar surface area (TPSA) is 54.5 Å². The Labute approximate surface area is 144 Å². The zero-order valence-corrected chi connectivity index (χ0v) is 14.6. The Kier molecular flexibility index (Phi) is 5.53. The van der Waals surface area contributed by atoms with Gasteiger partial charge in [0.05, 0.1) is 15.6 Å². The summed E-state index contributed by atoms with van der Waals surface area (Å²) < 4.78 is 4.98. The smallest absolute Gasteiger partial charge is 0.261 e. The van der Waals surface area contributed by atoms with Crippen molar-refractivity contribution in [2.75, 3.05) is 37.5 Å². The van der Waals surface area contributed by atoms with E-state index in [2.05, 4.69) is 21.3 Å². The summed E-state index contributed by atoms with van der Waals surface area (Å²) >= 11 is 3.30. The van der Waals surface area contributed by atoms with Crippen LogP contribution < -0.4 is 10.2 Å². The summed E-state index contributed by atoms with van der Waals surface area (Å²) in [6.07, 6.45) is 2.64. The molecule has 122 valence electrons. The van der Waals surface area contributed by atoms with Crippen molar-refractivity contribution in [3.8, 4) is 0 Å². The van der Waals surface area contributed by atoms with E-state index in [4.69, 9.17) is 4.74 Å². The fraction of sp³-hybridized carbons (Fsp3) is 0.375. The Morgan fingerprint density at radius 3 is 3.22 bits per heavy atom. The molecule has 23 heavy (non-hydrogen) atoms. The summed E-state index contributed by atoms with van der Waals surface area (Å²) in [5, 5.41) is 5.06. The van der Waals surface area contributed by atoms with Crippen molar-refractivity contribution in [2.24, 2.45) is 0 Å². The average molecular weight is 349 g/mol. The third-order valence-corrected chi connectivity index (χ3v) is 5.57. The molecule has 0 saturated carbocycles. The van der Waals surface area contributed by atoms with Crippen LogP contribution in [0.25, 0.3) is 0 Å². The highest BCUT2D eigenvalue weighted by Crippen LogP contribution is 2.39. The molecule has 3 rings (SSSR count). The Balaban J connectivity index is 1.69. The molecule has 1 amide bonds. The third-order valence-electron chi connectivity index (χ3n) is 3.49. The highest BCUT2D eigenvalue weighted by molar-refractivity contribution is 7.99. The zero-order valence-electron chi connectivity index (χ0n) is 12.9. The highest BCUT2D eigenvalue weighted by atomic mass is 32.2. The third kappa shape index (κ3) is 3.85. The van der Waals surface area contributed by atoms with Gasteiger partial charge in [0.25, 0.3) is 5.91 Å². The number of pyridine rings is 1. The van der Waals surface area contributed by atoms with E-state index < -0.39 is 0 Å². The molecule has 0 aliphatic carbocycles. The van der Waals surface area contributed by atoms with Crippen LogP contribution in [-0.2, 0) is 4.74 Å². The first kappa shape index (κ1) is 16.3. The number of aromatic nitrogens is 1. The Morgan fingerprint density at radius 1 is 1.43 bits per heavy atom. The van der Waals surface area contributed by atoms with E-state index in [1.807, 2.05) is 24.4 Å². The number of carbonyl (C=O) groups is 1. The minimum Gasteiger partial charge on any atom is -0.385 e. The maximum atomic E-state index is 12.2. The van der Waals surface area contributed by atoms with Crippen LogP contribution in [0.3, 0.4) is 0 Å². The first-order valence-corrected chi connectivity index (χ1v) is 9.32. The Hall–Kier alpha value is -1.57. The van der Waals surface area contributed by atoms with Crippen LogP contribution in [0.2, 0.25) is 0 Å². The van der Waals surface area contributed by atoms with E-state index in [0.717, 1.165) is 39.3 Å². The first-order valence-electron chi connectivity index (χ1n) is 7.52. The van der Waals surface area contributed by atoms with Crippen LogP contribution in [0.5, 0.6) is 0 Å². The molecular weight excluding hydrogens is 330 g/mol. The summed E-state index contributed by atoms with van der Waals surface area (Å²) in [6.45, 7) is 2.22. The lowest BCUT2D eigenvalue weighted by atomic mass is 10.3. The second kappa shape index (κ2) is 7.81. The normalized spacial score (nSPS) is 13.7. The minimum absolute atomic E-state index is 0.0184. The van der Waals surface area contributed by atoms with Crippen LogP contribution in [0, 0.1) is 0 Å². The fourth-order valence-electron chi connectivity index (χ4n) is 2.38. The van der Waals surface area contributed by atoms with Gasteiger partial charge in [-0.1, -0.05) is 0 Å². The summed E-state index contributed by atoms with van der Waals surface area (Å²) in [7, 11) is 1.66. The molecule has 5 nitrogen and oxygen atoms in total. The number of ether oxygens (including phenoxy) is 1. The van der Waals surface area contributed by atoms with Crippen molar-refractivity contribution < 1.29 is 9.53 Å². The maximum absolute atomic E-state index is 12.2. The summed E-state index contributed by atoms with van der Waals surface area (Å²) in [6, 6.07) is 7.94. The SMILES string of the molecule is COCCCNC(=O)c1ccc(N2CCSc3ncccc32)s1. The van der Waals surface area contributed by atoms with E-state index in [9.17, 15) is 4.79 Å². The molecule has 2 aromatic heterocycles. The molecule has 0 radical (unpaired) electrons. The fourth-order valence-corrected chi connectivity index (χ4v) is 4.27. The van der Waals surface area contributed by atoms with E-state index in [-0.39, 0.29) is 5.91 Å². The van der Waals surface area contributed by atoms with Crippen molar-refractivity contribution in [3.05, 3.63) is 35.3 Å². The number of nitrogens with zero attached hydrogens (tertiary/aromatic N) is 2. The molecule has 0 spiro atoms. The predicted molar refractivity (Wildman–Crippen MR) is 95.1 cm³/mol. The molecule has 2 aromatic rings. The van der Waals surface area contributed by atoms with Crippen LogP contribution in [0.15, 0.2) is 35.5 Å². The van der Waals surface area contributed by atoms with E-state index in [0.29, 0.717) is 13.2 Å². The summed E-state index contributed by atoms with van der Waals surface area (Å²) in [5.41, 5.74) is 1.12. The number of rotatable bonds is 6. The van der Waals surface area contributed by atoms with Crippen LogP contribution in [0.4, 0.5) is 10.7 Å².